The van der Waals surface area contributed by atoms with Crippen LogP contribution in [0.2, 0.25) is 0 Å². The van der Waals surface area contributed by atoms with Crippen molar-refractivity contribution in [2.75, 3.05) is 0 Å². The minimum Gasteiger partial charge on any atom is -0.491 e. The van der Waals surface area contributed by atoms with Crippen molar-refractivity contribution in [3.05, 3.63) is 65.5 Å². The lowest BCUT2D eigenvalue weighted by Crippen LogP contribution is -2.49. The summed E-state index contributed by atoms with van der Waals surface area (Å²) in [5, 5.41) is 5.45. The Balaban J connectivity index is 1.97. The fourth-order valence-electron chi connectivity index (χ4n) is 2.66. The Morgan fingerprint density at radius 3 is 2.21 bits per heavy atom. The average molecular weight is 386 g/mol. The van der Waals surface area contributed by atoms with E-state index in [1.165, 1.54) is 18.2 Å². The Hall–Kier alpha value is -2.89. The Morgan fingerprint density at radius 1 is 1.00 bits per heavy atom. The number of amides is 2. The quantitative estimate of drug-likeness (QED) is 0.727. The van der Waals surface area contributed by atoms with Gasteiger partial charge in [0.1, 0.15) is 17.6 Å². The molecule has 0 spiro atoms. The molecule has 6 heteroatoms. The zero-order valence-corrected chi connectivity index (χ0v) is 16.7. The molecule has 0 aliphatic rings. The molecule has 2 aromatic rings. The zero-order chi connectivity index (χ0) is 20.7. The molecule has 2 N–H and O–H groups in total. The minimum absolute atomic E-state index is 0.0818. The highest BCUT2D eigenvalue weighted by molar-refractivity contribution is 5.97. The van der Waals surface area contributed by atoms with Crippen molar-refractivity contribution < 1.29 is 18.7 Å². The minimum atomic E-state index is -0.768. The molecular weight excluding hydrogens is 359 g/mol. The number of hydrogen-bond donors (Lipinski definition) is 2. The fraction of sp³-hybridized carbons (Fsp3) is 0.364. The molecule has 0 bridgehead atoms. The van der Waals surface area contributed by atoms with E-state index in [1.54, 1.807) is 6.07 Å². The maximum absolute atomic E-state index is 13.8. The first kappa shape index (κ1) is 21.4. The van der Waals surface area contributed by atoms with Crippen LogP contribution < -0.4 is 15.4 Å². The largest absolute Gasteiger partial charge is 0.491 e. The van der Waals surface area contributed by atoms with Crippen LogP contribution in [0.3, 0.4) is 0 Å². The van der Waals surface area contributed by atoms with Gasteiger partial charge in [0.25, 0.3) is 5.91 Å². The highest BCUT2D eigenvalue weighted by Crippen LogP contribution is 2.14. The number of ether oxygens (including phenoxy) is 1. The molecule has 0 saturated heterocycles. The summed E-state index contributed by atoms with van der Waals surface area (Å²) in [5.74, 6) is -0.934. The van der Waals surface area contributed by atoms with Gasteiger partial charge in [-0.05, 0) is 49.6 Å². The number of rotatable bonds is 8. The van der Waals surface area contributed by atoms with Crippen LogP contribution in [0.25, 0.3) is 0 Å². The molecule has 0 aliphatic carbocycles. The molecule has 0 radical (unpaired) electrons. The van der Waals surface area contributed by atoms with E-state index in [4.69, 9.17) is 4.74 Å². The first-order valence-corrected chi connectivity index (χ1v) is 9.36. The lowest BCUT2D eigenvalue weighted by atomic mass is 10.0. The average Bonchev–Trinajstić information content (AvgIpc) is 2.64. The van der Waals surface area contributed by atoms with Crippen molar-refractivity contribution in [3.63, 3.8) is 0 Å². The molecule has 0 fully saturated rings. The summed E-state index contributed by atoms with van der Waals surface area (Å²) in [4.78, 5) is 24.9. The molecule has 150 valence electrons. The summed E-state index contributed by atoms with van der Waals surface area (Å²) in [6.45, 7) is 7.87. The normalized spacial score (nSPS) is 12.0. The van der Waals surface area contributed by atoms with E-state index in [0.717, 1.165) is 11.3 Å². The van der Waals surface area contributed by atoms with Gasteiger partial charge in [-0.15, -0.1) is 0 Å². The molecule has 5 nitrogen and oxygen atoms in total. The second-order valence-corrected chi connectivity index (χ2v) is 7.20. The molecule has 0 aromatic heterocycles. The topological polar surface area (TPSA) is 67.4 Å². The van der Waals surface area contributed by atoms with Crippen LogP contribution in [0.1, 0.15) is 43.6 Å². The molecule has 28 heavy (non-hydrogen) atoms. The van der Waals surface area contributed by atoms with Crippen LogP contribution >= 0.6 is 0 Å². The van der Waals surface area contributed by atoms with Crippen LogP contribution in [0.5, 0.6) is 5.75 Å². The summed E-state index contributed by atoms with van der Waals surface area (Å²) in [7, 11) is 0. The van der Waals surface area contributed by atoms with Crippen LogP contribution in [0.4, 0.5) is 4.39 Å². The lowest BCUT2D eigenvalue weighted by Gasteiger charge is -2.22. The van der Waals surface area contributed by atoms with Gasteiger partial charge in [0.05, 0.1) is 11.7 Å². The van der Waals surface area contributed by atoms with Crippen LogP contribution in [-0.2, 0) is 11.3 Å². The highest BCUT2D eigenvalue weighted by atomic mass is 19.1. The van der Waals surface area contributed by atoms with E-state index in [0.29, 0.717) is 6.54 Å². The predicted octanol–water partition coefficient (Wildman–Crippen LogP) is 3.68. The van der Waals surface area contributed by atoms with Gasteiger partial charge >= 0.3 is 0 Å². The Bertz CT molecular complexity index is 804. The van der Waals surface area contributed by atoms with Gasteiger partial charge in [0.15, 0.2) is 0 Å². The van der Waals surface area contributed by atoms with Crippen molar-refractivity contribution in [2.24, 2.45) is 5.92 Å². The van der Waals surface area contributed by atoms with Crippen molar-refractivity contribution in [3.8, 4) is 5.75 Å². The monoisotopic (exact) mass is 386 g/mol. The third kappa shape index (κ3) is 6.08. The molecule has 0 saturated carbocycles. The predicted molar refractivity (Wildman–Crippen MR) is 107 cm³/mol. The van der Waals surface area contributed by atoms with E-state index in [1.807, 2.05) is 52.0 Å². The van der Waals surface area contributed by atoms with Gasteiger partial charge in [-0.25, -0.2) is 4.39 Å². The lowest BCUT2D eigenvalue weighted by molar-refractivity contribution is -0.124. The molecular formula is C22H27FN2O3. The van der Waals surface area contributed by atoms with Gasteiger partial charge in [-0.3, -0.25) is 9.59 Å². The number of hydrogen-bond acceptors (Lipinski definition) is 3. The van der Waals surface area contributed by atoms with E-state index in [2.05, 4.69) is 10.6 Å². The van der Waals surface area contributed by atoms with Crippen molar-refractivity contribution in [2.45, 2.75) is 46.4 Å². The van der Waals surface area contributed by atoms with E-state index < -0.39 is 17.8 Å². The zero-order valence-electron chi connectivity index (χ0n) is 16.7. The number of carbonyl (C=O) groups excluding carboxylic acids is 2. The summed E-state index contributed by atoms with van der Waals surface area (Å²) >= 11 is 0. The van der Waals surface area contributed by atoms with E-state index in [9.17, 15) is 14.0 Å². The van der Waals surface area contributed by atoms with Gasteiger partial charge in [0.2, 0.25) is 5.91 Å². The van der Waals surface area contributed by atoms with E-state index >= 15 is 0 Å². The number of halogens is 1. The SMILES string of the molecule is CC(C)Oc1ccc(CNC(=O)C(NC(=O)c2ccccc2F)C(C)C)cc1. The van der Waals surface area contributed by atoms with Crippen LogP contribution in [-0.4, -0.2) is 24.0 Å². The molecule has 1 unspecified atom stereocenters. The van der Waals surface area contributed by atoms with Gasteiger partial charge in [0, 0.05) is 6.54 Å². The maximum atomic E-state index is 13.8. The number of carbonyl (C=O) groups is 2. The number of benzene rings is 2. The van der Waals surface area contributed by atoms with Crippen LogP contribution in [0, 0.1) is 11.7 Å². The summed E-state index contributed by atoms with van der Waals surface area (Å²) in [5.41, 5.74) is 0.828. The summed E-state index contributed by atoms with van der Waals surface area (Å²) in [6, 6.07) is 12.4. The highest BCUT2D eigenvalue weighted by Gasteiger charge is 2.25. The molecule has 2 aromatic carbocycles. The van der Waals surface area contributed by atoms with Gasteiger partial charge in [-0.1, -0.05) is 38.1 Å². The molecule has 2 rings (SSSR count). The third-order valence-electron chi connectivity index (χ3n) is 4.12. The fourth-order valence-corrected chi connectivity index (χ4v) is 2.66. The van der Waals surface area contributed by atoms with Gasteiger partial charge in [-0.2, -0.15) is 0 Å². The Morgan fingerprint density at radius 2 is 1.64 bits per heavy atom. The third-order valence-corrected chi connectivity index (χ3v) is 4.12. The van der Waals surface area contributed by atoms with Crippen molar-refractivity contribution in [1.82, 2.24) is 10.6 Å². The van der Waals surface area contributed by atoms with Crippen molar-refractivity contribution in [1.29, 1.82) is 0 Å². The van der Waals surface area contributed by atoms with Crippen LogP contribution in [0.15, 0.2) is 48.5 Å². The number of nitrogens with one attached hydrogen (secondary N) is 2. The second kappa shape index (κ2) is 9.88. The molecule has 0 heterocycles. The smallest absolute Gasteiger partial charge is 0.254 e. The molecule has 1 atom stereocenters. The summed E-state index contributed by atoms with van der Waals surface area (Å²) < 4.78 is 19.4. The van der Waals surface area contributed by atoms with Gasteiger partial charge < -0.3 is 15.4 Å². The second-order valence-electron chi connectivity index (χ2n) is 7.20. The van der Waals surface area contributed by atoms with Crippen molar-refractivity contribution >= 4 is 11.8 Å². The molecule has 2 amide bonds. The maximum Gasteiger partial charge on any atom is 0.254 e. The summed E-state index contributed by atoms with van der Waals surface area (Å²) in [6.07, 6.45) is 0.0930. The molecule has 0 aliphatic heterocycles. The van der Waals surface area contributed by atoms with E-state index in [-0.39, 0.29) is 23.5 Å². The Kier molecular flexibility index (Phi) is 7.55. The first-order valence-electron chi connectivity index (χ1n) is 9.36. The first-order chi connectivity index (χ1) is 13.3. The standard InChI is InChI=1S/C22H27FN2O3/c1-14(2)20(25-21(26)18-7-5-6-8-19(18)23)22(27)24-13-16-9-11-17(12-10-16)28-15(3)4/h5-12,14-15,20H,13H2,1-4H3,(H,24,27)(H,25,26). The Labute approximate surface area is 165 Å².